The zero-order valence-corrected chi connectivity index (χ0v) is 23.5. The van der Waals surface area contributed by atoms with Crippen molar-refractivity contribution >= 4 is 5.97 Å². The van der Waals surface area contributed by atoms with E-state index in [4.69, 9.17) is 5.11 Å². The summed E-state index contributed by atoms with van der Waals surface area (Å²) in [4.78, 5) is 11.7. The third-order valence-electron chi connectivity index (χ3n) is 6.70. The van der Waals surface area contributed by atoms with Crippen LogP contribution in [0.15, 0.2) is 30.3 Å². The second kappa shape index (κ2) is 20.9. The van der Waals surface area contributed by atoms with Gasteiger partial charge < -0.3 is 9.59 Å². The number of unbranched alkanes of at least 4 members (excludes halogenated alkanes) is 13. The van der Waals surface area contributed by atoms with E-state index in [2.05, 4.69) is 51.4 Å². The van der Waals surface area contributed by atoms with Crippen LogP contribution in [0.2, 0.25) is 0 Å². The maximum Gasteiger partial charge on any atom is 0.320 e. The molecule has 0 aliphatic rings. The van der Waals surface area contributed by atoms with Gasteiger partial charge in [0.2, 0.25) is 0 Å². The molecule has 0 amide bonds. The maximum absolute atomic E-state index is 10.1. The van der Waals surface area contributed by atoms with Crippen LogP contribution in [0.25, 0.3) is 0 Å². The van der Waals surface area contributed by atoms with Crippen molar-refractivity contribution in [3.05, 3.63) is 35.9 Å². The molecule has 1 aromatic carbocycles. The predicted octanol–water partition coefficient (Wildman–Crippen LogP) is 7.77. The molecule has 198 valence electrons. The van der Waals surface area contributed by atoms with Gasteiger partial charge in [-0.05, 0) is 33.9 Å². The van der Waals surface area contributed by atoms with Crippen LogP contribution in [-0.2, 0) is 11.3 Å². The Morgan fingerprint density at radius 2 is 1.21 bits per heavy atom. The van der Waals surface area contributed by atoms with Gasteiger partial charge in [0.05, 0.1) is 20.6 Å². The summed E-state index contributed by atoms with van der Waals surface area (Å²) in [5, 5.41) is 8.31. The van der Waals surface area contributed by atoms with Gasteiger partial charge in [0, 0.05) is 5.56 Å². The number of quaternary nitrogens is 1. The number of carboxylic acids is 1. The molecule has 4 nitrogen and oxygen atoms in total. The van der Waals surface area contributed by atoms with E-state index < -0.39 is 5.97 Å². The first-order valence-electron chi connectivity index (χ1n) is 13.9. The number of rotatable bonds is 19. The number of benzene rings is 1. The average molecular weight is 478 g/mol. The zero-order valence-electron chi connectivity index (χ0n) is 23.5. The first-order valence-corrected chi connectivity index (χ1v) is 13.9. The summed E-state index contributed by atoms with van der Waals surface area (Å²) in [7, 11) is 8.21. The van der Waals surface area contributed by atoms with Crippen LogP contribution in [0.3, 0.4) is 0 Å². The minimum Gasteiger partial charge on any atom is -0.480 e. The monoisotopic (exact) mass is 477 g/mol. The molecule has 0 saturated heterocycles. The molecule has 1 atom stereocenters. The lowest BCUT2D eigenvalue weighted by Crippen LogP contribution is -2.39. The molecule has 4 heteroatoms. The number of carboxylic acid groups (broad SMARTS) is 1. The van der Waals surface area contributed by atoms with Crippen molar-refractivity contribution in [1.29, 1.82) is 0 Å². The van der Waals surface area contributed by atoms with E-state index in [1.54, 1.807) is 25.9 Å². The fourth-order valence-corrected chi connectivity index (χ4v) is 4.11. The topological polar surface area (TPSA) is 40.5 Å². The Hall–Kier alpha value is -1.39. The summed E-state index contributed by atoms with van der Waals surface area (Å²) in [6.45, 7) is 6.39. The lowest BCUT2D eigenvalue weighted by Gasteiger charge is -2.30. The second-order valence-electron chi connectivity index (χ2n) is 10.9. The lowest BCUT2D eigenvalue weighted by molar-refractivity contribution is -0.903. The molecule has 0 aliphatic heterocycles. The molecule has 1 unspecified atom stereocenters. The normalized spacial score (nSPS) is 12.3. The summed E-state index contributed by atoms with van der Waals surface area (Å²) in [5.74, 6) is -0.782. The van der Waals surface area contributed by atoms with Gasteiger partial charge in [-0.15, -0.1) is 0 Å². The van der Waals surface area contributed by atoms with Gasteiger partial charge in [-0.3, -0.25) is 9.69 Å². The molecule has 0 radical (unpaired) electrons. The van der Waals surface area contributed by atoms with Crippen molar-refractivity contribution < 1.29 is 14.4 Å². The highest BCUT2D eigenvalue weighted by molar-refractivity contribution is 5.72. The van der Waals surface area contributed by atoms with Crippen LogP contribution in [0.4, 0.5) is 0 Å². The smallest absolute Gasteiger partial charge is 0.320 e. The van der Waals surface area contributed by atoms with Crippen molar-refractivity contribution in [2.24, 2.45) is 0 Å². The van der Waals surface area contributed by atoms with Crippen molar-refractivity contribution in [3.63, 3.8) is 0 Å². The molecule has 0 spiro atoms. The van der Waals surface area contributed by atoms with Crippen LogP contribution in [0.1, 0.15) is 109 Å². The number of hydrogen-bond donors (Lipinski definition) is 1. The largest absolute Gasteiger partial charge is 0.480 e. The summed E-state index contributed by atoms with van der Waals surface area (Å²) >= 11 is 0. The molecule has 0 heterocycles. The van der Waals surface area contributed by atoms with Gasteiger partial charge in [-0.1, -0.05) is 114 Å². The fraction of sp³-hybridized carbons (Fsp3) is 0.767. The predicted molar refractivity (Wildman–Crippen MR) is 148 cm³/mol. The molecule has 0 aromatic heterocycles. The third-order valence-corrected chi connectivity index (χ3v) is 6.70. The number of carbonyl (C=O) groups is 1. The van der Waals surface area contributed by atoms with E-state index in [1.807, 2.05) is 0 Å². The van der Waals surface area contributed by atoms with E-state index in [9.17, 15) is 4.79 Å². The van der Waals surface area contributed by atoms with E-state index >= 15 is 0 Å². The Labute approximate surface area is 212 Å². The van der Waals surface area contributed by atoms with E-state index in [0.717, 1.165) is 11.0 Å². The highest BCUT2D eigenvalue weighted by atomic mass is 16.4. The van der Waals surface area contributed by atoms with Crippen molar-refractivity contribution in [2.75, 3.05) is 34.7 Å². The first-order chi connectivity index (χ1) is 16.2. The van der Waals surface area contributed by atoms with Crippen LogP contribution < -0.4 is 0 Å². The summed E-state index contributed by atoms with van der Waals surface area (Å²) in [6.07, 6.45) is 20.2. The zero-order chi connectivity index (χ0) is 25.7. The van der Waals surface area contributed by atoms with E-state index in [1.165, 1.54) is 102 Å². The highest BCUT2D eigenvalue weighted by Gasteiger charge is 2.15. The summed E-state index contributed by atoms with van der Waals surface area (Å²) in [6, 6.07) is 10.5. The van der Waals surface area contributed by atoms with Gasteiger partial charge in [0.25, 0.3) is 0 Å². The number of nitrogens with zero attached hydrogens (tertiary/aromatic N) is 2. The molecule has 0 saturated carbocycles. The standard InChI is InChI=1S/C25H46N.C5H11NO2/c1-4-5-6-7-8-9-10-11-12-13-14-15-16-20-23-26(2,3)24-25-21-18-17-19-22-25;1-4(5(7)8)6(2)3/h17-19,21-22H,4-16,20,23-24H2,1-3H3;4H,1-3H3,(H,7,8)/q+1;. The molecule has 1 rings (SSSR count). The van der Waals surface area contributed by atoms with Gasteiger partial charge in [-0.2, -0.15) is 0 Å². The summed E-state index contributed by atoms with van der Waals surface area (Å²) in [5.41, 5.74) is 1.46. The van der Waals surface area contributed by atoms with Crippen LogP contribution in [0.5, 0.6) is 0 Å². The molecular formula is C30H57N2O2+. The van der Waals surface area contributed by atoms with Gasteiger partial charge >= 0.3 is 5.97 Å². The molecule has 0 bridgehead atoms. The van der Waals surface area contributed by atoms with Crippen molar-refractivity contribution in [2.45, 2.75) is 116 Å². The Morgan fingerprint density at radius 3 is 1.56 bits per heavy atom. The van der Waals surface area contributed by atoms with Gasteiger partial charge in [0.1, 0.15) is 12.6 Å². The third kappa shape index (κ3) is 20.0. The Bertz CT molecular complexity index is 587. The maximum atomic E-state index is 10.1. The quantitative estimate of drug-likeness (QED) is 0.163. The number of hydrogen-bond acceptors (Lipinski definition) is 2. The summed E-state index contributed by atoms with van der Waals surface area (Å²) < 4.78 is 1.11. The van der Waals surface area contributed by atoms with Crippen LogP contribution in [0, 0.1) is 0 Å². The van der Waals surface area contributed by atoms with E-state index in [0.29, 0.717) is 0 Å². The number of aliphatic carboxylic acids is 1. The number of likely N-dealkylation sites (N-methyl/N-ethyl adjacent to an activating group) is 1. The highest BCUT2D eigenvalue weighted by Crippen LogP contribution is 2.15. The Kier molecular flexibility index (Phi) is 20.1. The molecule has 0 fully saturated rings. The fourth-order valence-electron chi connectivity index (χ4n) is 4.11. The van der Waals surface area contributed by atoms with Crippen LogP contribution in [-0.4, -0.2) is 61.2 Å². The van der Waals surface area contributed by atoms with Crippen molar-refractivity contribution in [1.82, 2.24) is 4.90 Å². The first kappa shape index (κ1) is 32.6. The molecule has 0 aliphatic carbocycles. The Morgan fingerprint density at radius 1 is 0.794 bits per heavy atom. The average Bonchev–Trinajstić information content (AvgIpc) is 2.79. The van der Waals surface area contributed by atoms with E-state index in [-0.39, 0.29) is 6.04 Å². The molecule has 1 N–H and O–H groups in total. The molecular weight excluding hydrogens is 420 g/mol. The lowest BCUT2D eigenvalue weighted by atomic mass is 10.0. The van der Waals surface area contributed by atoms with Crippen molar-refractivity contribution in [3.8, 4) is 0 Å². The SMILES string of the molecule is CC(C(=O)O)N(C)C.CCCCCCCCCCCCCCCC[N+](C)(C)Cc1ccccc1. The minimum atomic E-state index is -0.782. The minimum absolute atomic E-state index is 0.380. The van der Waals surface area contributed by atoms with Gasteiger partial charge in [0.15, 0.2) is 0 Å². The van der Waals surface area contributed by atoms with Crippen LogP contribution >= 0.6 is 0 Å². The Balaban J connectivity index is 0.00000116. The molecule has 34 heavy (non-hydrogen) atoms. The molecule has 1 aromatic rings. The second-order valence-corrected chi connectivity index (χ2v) is 10.9. The van der Waals surface area contributed by atoms with Gasteiger partial charge in [-0.25, -0.2) is 0 Å².